The van der Waals surface area contributed by atoms with Gasteiger partial charge in [-0.2, -0.15) is 5.10 Å². The van der Waals surface area contributed by atoms with E-state index in [1.807, 2.05) is 18.4 Å². The van der Waals surface area contributed by atoms with Crippen LogP contribution in [0.3, 0.4) is 0 Å². The number of aryl methyl sites for hydroxylation is 1. The molecule has 0 bridgehead atoms. The zero-order valence-corrected chi connectivity index (χ0v) is 10.1. The summed E-state index contributed by atoms with van der Waals surface area (Å²) < 4.78 is 0. The van der Waals surface area contributed by atoms with Gasteiger partial charge in [-0.15, -0.1) is 11.3 Å². The molecule has 1 amide bonds. The number of rotatable bonds is 3. The van der Waals surface area contributed by atoms with E-state index in [4.69, 9.17) is 0 Å². The van der Waals surface area contributed by atoms with E-state index in [-0.39, 0.29) is 5.91 Å². The molecule has 0 atom stereocenters. The third kappa shape index (κ3) is 2.98. The standard InChI is InChI=1S/C12H11N3OS/c1-9-4-7-17-11(9)8-14-15-12(16)10-2-5-13-6-3-10/h2-8H,1H3,(H,15,16)/b14-8+. The van der Waals surface area contributed by atoms with Crippen LogP contribution >= 0.6 is 11.3 Å². The number of amides is 1. The molecule has 5 heteroatoms. The van der Waals surface area contributed by atoms with Crippen LogP contribution in [-0.4, -0.2) is 17.1 Å². The average Bonchev–Trinajstić information content (AvgIpc) is 2.76. The van der Waals surface area contributed by atoms with E-state index < -0.39 is 0 Å². The lowest BCUT2D eigenvalue weighted by molar-refractivity contribution is 0.0955. The van der Waals surface area contributed by atoms with Gasteiger partial charge in [0.25, 0.3) is 5.91 Å². The number of hydrogen-bond donors (Lipinski definition) is 1. The maximum atomic E-state index is 11.6. The fourth-order valence-electron chi connectivity index (χ4n) is 1.23. The van der Waals surface area contributed by atoms with E-state index in [2.05, 4.69) is 15.5 Å². The van der Waals surface area contributed by atoms with Crippen LogP contribution in [0, 0.1) is 6.92 Å². The van der Waals surface area contributed by atoms with Gasteiger partial charge in [-0.05, 0) is 36.1 Å². The van der Waals surface area contributed by atoms with E-state index >= 15 is 0 Å². The highest BCUT2D eigenvalue weighted by molar-refractivity contribution is 7.11. The first-order valence-electron chi connectivity index (χ1n) is 5.05. The maximum absolute atomic E-state index is 11.6. The number of hydrazone groups is 1. The quantitative estimate of drug-likeness (QED) is 0.666. The molecule has 0 saturated carbocycles. The topological polar surface area (TPSA) is 54.4 Å². The van der Waals surface area contributed by atoms with Crippen LogP contribution in [0.4, 0.5) is 0 Å². The maximum Gasteiger partial charge on any atom is 0.271 e. The van der Waals surface area contributed by atoms with E-state index in [9.17, 15) is 4.79 Å². The largest absolute Gasteiger partial charge is 0.271 e. The molecule has 2 heterocycles. The third-order valence-electron chi connectivity index (χ3n) is 2.19. The van der Waals surface area contributed by atoms with Crippen LogP contribution in [0.15, 0.2) is 41.1 Å². The summed E-state index contributed by atoms with van der Waals surface area (Å²) in [4.78, 5) is 16.5. The molecule has 0 unspecified atom stereocenters. The first-order valence-corrected chi connectivity index (χ1v) is 5.93. The Kier molecular flexibility index (Phi) is 3.62. The molecule has 4 nitrogen and oxygen atoms in total. The number of aromatic nitrogens is 1. The molecule has 2 aromatic rings. The minimum Gasteiger partial charge on any atom is -0.267 e. The van der Waals surface area contributed by atoms with E-state index in [1.165, 1.54) is 0 Å². The first-order chi connectivity index (χ1) is 8.27. The van der Waals surface area contributed by atoms with Crippen molar-refractivity contribution >= 4 is 23.5 Å². The average molecular weight is 245 g/mol. The summed E-state index contributed by atoms with van der Waals surface area (Å²) in [6.07, 6.45) is 4.79. The number of pyridine rings is 1. The normalized spacial score (nSPS) is 10.6. The lowest BCUT2D eigenvalue weighted by Gasteiger charge is -1.97. The molecule has 2 rings (SSSR count). The Labute approximate surface area is 103 Å². The van der Waals surface area contributed by atoms with Gasteiger partial charge in [0, 0.05) is 22.8 Å². The van der Waals surface area contributed by atoms with Crippen LogP contribution in [0.25, 0.3) is 0 Å². The SMILES string of the molecule is Cc1ccsc1/C=N/NC(=O)c1ccncc1. The fourth-order valence-corrected chi connectivity index (χ4v) is 2.02. The minimum atomic E-state index is -0.238. The molecular formula is C12H11N3OS. The molecule has 0 aliphatic carbocycles. The van der Waals surface area contributed by atoms with Crippen molar-refractivity contribution < 1.29 is 4.79 Å². The second kappa shape index (κ2) is 5.36. The smallest absolute Gasteiger partial charge is 0.267 e. The van der Waals surface area contributed by atoms with Gasteiger partial charge in [0.1, 0.15) is 0 Å². The van der Waals surface area contributed by atoms with E-state index in [1.54, 1.807) is 42.1 Å². The highest BCUT2D eigenvalue weighted by Gasteiger charge is 2.02. The van der Waals surface area contributed by atoms with Crippen LogP contribution < -0.4 is 5.43 Å². The van der Waals surface area contributed by atoms with Crippen molar-refractivity contribution in [2.45, 2.75) is 6.92 Å². The Morgan fingerprint density at radius 3 is 2.82 bits per heavy atom. The molecule has 0 aromatic carbocycles. The van der Waals surface area contributed by atoms with Crippen molar-refractivity contribution in [2.24, 2.45) is 5.10 Å². The molecular weight excluding hydrogens is 234 g/mol. The predicted molar refractivity (Wildman–Crippen MR) is 68.4 cm³/mol. The lowest BCUT2D eigenvalue weighted by atomic mass is 10.3. The fraction of sp³-hybridized carbons (Fsp3) is 0.0833. The molecule has 1 N–H and O–H groups in total. The van der Waals surface area contributed by atoms with Gasteiger partial charge < -0.3 is 0 Å². The second-order valence-corrected chi connectivity index (χ2v) is 4.35. The van der Waals surface area contributed by atoms with Gasteiger partial charge in [-0.25, -0.2) is 5.43 Å². The number of carbonyl (C=O) groups excluding carboxylic acids is 1. The van der Waals surface area contributed by atoms with Crippen molar-refractivity contribution in [3.63, 3.8) is 0 Å². The molecule has 17 heavy (non-hydrogen) atoms. The van der Waals surface area contributed by atoms with Gasteiger partial charge in [0.15, 0.2) is 0 Å². The Morgan fingerprint density at radius 2 is 2.18 bits per heavy atom. The summed E-state index contributed by atoms with van der Waals surface area (Å²) in [5, 5.41) is 5.90. The van der Waals surface area contributed by atoms with E-state index in [0.29, 0.717) is 5.56 Å². The summed E-state index contributed by atoms with van der Waals surface area (Å²) in [5.41, 5.74) is 4.17. The highest BCUT2D eigenvalue weighted by Crippen LogP contribution is 2.12. The Hall–Kier alpha value is -2.01. The Morgan fingerprint density at radius 1 is 1.41 bits per heavy atom. The minimum absolute atomic E-state index is 0.238. The van der Waals surface area contributed by atoms with Crippen molar-refractivity contribution in [1.29, 1.82) is 0 Å². The summed E-state index contributed by atoms with van der Waals surface area (Å²) in [6.45, 7) is 2.00. The molecule has 0 fully saturated rings. The number of carbonyl (C=O) groups is 1. The van der Waals surface area contributed by atoms with Crippen molar-refractivity contribution in [2.75, 3.05) is 0 Å². The van der Waals surface area contributed by atoms with Crippen molar-refractivity contribution in [3.8, 4) is 0 Å². The van der Waals surface area contributed by atoms with Crippen LogP contribution in [0.1, 0.15) is 20.8 Å². The third-order valence-corrected chi connectivity index (χ3v) is 3.15. The predicted octanol–water partition coefficient (Wildman–Crippen LogP) is 2.22. The number of hydrogen-bond acceptors (Lipinski definition) is 4. The molecule has 0 spiro atoms. The van der Waals surface area contributed by atoms with Gasteiger partial charge >= 0.3 is 0 Å². The van der Waals surface area contributed by atoms with Crippen LogP contribution in [0.5, 0.6) is 0 Å². The summed E-state index contributed by atoms with van der Waals surface area (Å²) >= 11 is 1.59. The zero-order chi connectivity index (χ0) is 12.1. The van der Waals surface area contributed by atoms with Crippen molar-refractivity contribution in [3.05, 3.63) is 52.0 Å². The molecule has 86 valence electrons. The second-order valence-electron chi connectivity index (χ2n) is 3.40. The molecule has 0 saturated heterocycles. The first kappa shape index (κ1) is 11.5. The Balaban J connectivity index is 1.97. The summed E-state index contributed by atoms with van der Waals surface area (Å²) in [6, 6.07) is 5.29. The van der Waals surface area contributed by atoms with Gasteiger partial charge in [0.05, 0.1) is 6.21 Å². The van der Waals surface area contributed by atoms with Gasteiger partial charge in [0.2, 0.25) is 0 Å². The number of nitrogens with one attached hydrogen (secondary N) is 1. The Bertz CT molecular complexity index is 534. The van der Waals surface area contributed by atoms with Gasteiger partial charge in [-0.3, -0.25) is 9.78 Å². The zero-order valence-electron chi connectivity index (χ0n) is 9.25. The number of nitrogens with zero attached hydrogens (tertiary/aromatic N) is 2. The summed E-state index contributed by atoms with van der Waals surface area (Å²) in [5.74, 6) is -0.238. The van der Waals surface area contributed by atoms with Gasteiger partial charge in [-0.1, -0.05) is 0 Å². The van der Waals surface area contributed by atoms with Crippen LogP contribution in [0.2, 0.25) is 0 Å². The number of thiophene rings is 1. The highest BCUT2D eigenvalue weighted by atomic mass is 32.1. The van der Waals surface area contributed by atoms with Crippen LogP contribution in [-0.2, 0) is 0 Å². The van der Waals surface area contributed by atoms with E-state index in [0.717, 1.165) is 10.4 Å². The van der Waals surface area contributed by atoms with Crippen molar-refractivity contribution in [1.82, 2.24) is 10.4 Å². The molecule has 0 radical (unpaired) electrons. The lowest BCUT2D eigenvalue weighted by Crippen LogP contribution is -2.17. The summed E-state index contributed by atoms with van der Waals surface area (Å²) in [7, 11) is 0. The molecule has 0 aliphatic rings. The molecule has 0 aliphatic heterocycles. The monoisotopic (exact) mass is 245 g/mol. The molecule has 2 aromatic heterocycles.